The molecule has 0 saturated carbocycles. The number of hydrogen-bond acceptors (Lipinski definition) is 2. The number of hydrogen-bond donors (Lipinski definition) is 1. The first-order chi connectivity index (χ1) is 9.17. The minimum Gasteiger partial charge on any atom is -0.489 e. The predicted octanol–water partition coefficient (Wildman–Crippen LogP) is 3.05. The Labute approximate surface area is 110 Å². The van der Waals surface area contributed by atoms with Crippen LogP contribution in [-0.2, 0) is 13.0 Å². The molecule has 2 aromatic rings. The highest BCUT2D eigenvalue weighted by molar-refractivity contribution is 5.30. The molecule has 0 unspecified atom stereocenters. The van der Waals surface area contributed by atoms with Gasteiger partial charge < -0.3 is 10.5 Å². The van der Waals surface area contributed by atoms with Gasteiger partial charge in [0.2, 0.25) is 0 Å². The summed E-state index contributed by atoms with van der Waals surface area (Å²) in [5.74, 6) is -0.187. The zero-order valence-corrected chi connectivity index (χ0v) is 10.4. The number of ether oxygens (including phenoxy) is 1. The average molecular weight is 263 g/mol. The first-order valence-corrected chi connectivity index (χ1v) is 6.04. The van der Waals surface area contributed by atoms with E-state index in [1.807, 2.05) is 0 Å². The van der Waals surface area contributed by atoms with Crippen LogP contribution < -0.4 is 10.5 Å². The Kier molecular flexibility index (Phi) is 4.47. The van der Waals surface area contributed by atoms with Crippen molar-refractivity contribution in [2.75, 3.05) is 6.54 Å². The van der Waals surface area contributed by atoms with E-state index >= 15 is 0 Å². The minimum atomic E-state index is -0.347. The number of nitrogens with two attached hydrogens (primary N) is 1. The number of benzene rings is 2. The summed E-state index contributed by atoms with van der Waals surface area (Å²) in [4.78, 5) is 0. The van der Waals surface area contributed by atoms with Gasteiger partial charge in [-0.3, -0.25) is 0 Å². The van der Waals surface area contributed by atoms with Crippen LogP contribution in [0, 0.1) is 11.6 Å². The van der Waals surface area contributed by atoms with Gasteiger partial charge >= 0.3 is 0 Å². The molecule has 0 atom stereocenters. The Morgan fingerprint density at radius 2 is 1.63 bits per heavy atom. The van der Waals surface area contributed by atoms with E-state index in [-0.39, 0.29) is 18.2 Å². The molecular formula is C15H15F2NO. The molecule has 0 fully saturated rings. The lowest BCUT2D eigenvalue weighted by Gasteiger charge is -2.08. The molecule has 2 N–H and O–H groups in total. The van der Waals surface area contributed by atoms with Gasteiger partial charge in [-0.1, -0.05) is 12.1 Å². The molecule has 4 heteroatoms. The van der Waals surface area contributed by atoms with Gasteiger partial charge in [-0.05, 0) is 48.4 Å². The summed E-state index contributed by atoms with van der Waals surface area (Å²) < 4.78 is 31.6. The Bertz CT molecular complexity index is 540. The monoisotopic (exact) mass is 263 g/mol. The lowest BCUT2D eigenvalue weighted by Crippen LogP contribution is -2.03. The summed E-state index contributed by atoms with van der Waals surface area (Å²) >= 11 is 0. The van der Waals surface area contributed by atoms with E-state index in [2.05, 4.69) is 0 Å². The first-order valence-electron chi connectivity index (χ1n) is 6.04. The predicted molar refractivity (Wildman–Crippen MR) is 69.9 cm³/mol. The lowest BCUT2D eigenvalue weighted by molar-refractivity contribution is 0.304. The van der Waals surface area contributed by atoms with Crippen molar-refractivity contribution in [2.45, 2.75) is 13.0 Å². The molecule has 2 aromatic carbocycles. The van der Waals surface area contributed by atoms with Gasteiger partial charge in [0.25, 0.3) is 0 Å². The van der Waals surface area contributed by atoms with Crippen LogP contribution in [0.1, 0.15) is 11.1 Å². The van der Waals surface area contributed by atoms with E-state index in [1.165, 1.54) is 24.3 Å². The summed E-state index contributed by atoms with van der Waals surface area (Å²) in [6.07, 6.45) is 0.602. The third-order valence-electron chi connectivity index (χ3n) is 2.68. The molecule has 0 aliphatic carbocycles. The summed E-state index contributed by atoms with van der Waals surface area (Å²) in [7, 11) is 0. The van der Waals surface area contributed by atoms with Crippen molar-refractivity contribution in [3.63, 3.8) is 0 Å². The Balaban J connectivity index is 2.04. The fraction of sp³-hybridized carbons (Fsp3) is 0.200. The summed E-state index contributed by atoms with van der Waals surface area (Å²) in [5, 5.41) is 0. The molecule has 0 heterocycles. The molecule has 0 saturated heterocycles. The molecule has 2 rings (SSSR count). The van der Waals surface area contributed by atoms with Crippen molar-refractivity contribution in [2.24, 2.45) is 5.73 Å². The van der Waals surface area contributed by atoms with Crippen molar-refractivity contribution in [1.29, 1.82) is 0 Å². The highest BCUT2D eigenvalue weighted by Gasteiger charge is 2.02. The third kappa shape index (κ3) is 4.03. The van der Waals surface area contributed by atoms with Crippen LogP contribution in [0.2, 0.25) is 0 Å². The third-order valence-corrected chi connectivity index (χ3v) is 2.68. The van der Waals surface area contributed by atoms with Gasteiger partial charge in [0.05, 0.1) is 0 Å². The molecule has 0 aromatic heterocycles. The van der Waals surface area contributed by atoms with E-state index in [9.17, 15) is 8.78 Å². The van der Waals surface area contributed by atoms with Crippen LogP contribution in [0.5, 0.6) is 5.75 Å². The van der Waals surface area contributed by atoms with Crippen LogP contribution in [0.25, 0.3) is 0 Å². The maximum atomic E-state index is 13.4. The van der Waals surface area contributed by atoms with Crippen molar-refractivity contribution >= 4 is 0 Å². The van der Waals surface area contributed by atoms with Crippen molar-refractivity contribution in [3.05, 3.63) is 65.2 Å². The Morgan fingerprint density at radius 3 is 2.32 bits per heavy atom. The molecule has 0 aliphatic rings. The van der Waals surface area contributed by atoms with Gasteiger partial charge in [-0.2, -0.15) is 0 Å². The van der Waals surface area contributed by atoms with E-state index in [0.717, 1.165) is 11.1 Å². The van der Waals surface area contributed by atoms with Crippen LogP contribution in [0.4, 0.5) is 8.78 Å². The molecule has 100 valence electrons. The second kappa shape index (κ2) is 6.29. The molecule has 0 radical (unpaired) electrons. The zero-order chi connectivity index (χ0) is 13.7. The number of rotatable bonds is 5. The fourth-order valence-corrected chi connectivity index (χ4v) is 1.76. The van der Waals surface area contributed by atoms with Crippen LogP contribution in [0.3, 0.4) is 0 Å². The largest absolute Gasteiger partial charge is 0.489 e. The Hall–Kier alpha value is -1.94. The van der Waals surface area contributed by atoms with Crippen LogP contribution in [0.15, 0.2) is 42.5 Å². The second-order valence-corrected chi connectivity index (χ2v) is 4.25. The van der Waals surface area contributed by atoms with Gasteiger partial charge in [0.15, 0.2) is 0 Å². The maximum absolute atomic E-state index is 13.4. The van der Waals surface area contributed by atoms with E-state index in [4.69, 9.17) is 10.5 Å². The zero-order valence-electron chi connectivity index (χ0n) is 10.4. The first kappa shape index (κ1) is 13.5. The highest BCUT2D eigenvalue weighted by atomic mass is 19.1. The Morgan fingerprint density at radius 1 is 0.895 bits per heavy atom. The normalized spacial score (nSPS) is 10.5. The van der Waals surface area contributed by atoms with Crippen molar-refractivity contribution in [1.82, 2.24) is 0 Å². The number of halogens is 2. The van der Waals surface area contributed by atoms with Crippen molar-refractivity contribution < 1.29 is 13.5 Å². The highest BCUT2D eigenvalue weighted by Crippen LogP contribution is 2.18. The average Bonchev–Trinajstić information content (AvgIpc) is 2.38. The SMILES string of the molecule is NCCc1cc(F)cc(OCc2ccc(F)cc2)c1. The van der Waals surface area contributed by atoms with Crippen LogP contribution in [-0.4, -0.2) is 6.54 Å². The smallest absolute Gasteiger partial charge is 0.127 e. The van der Waals surface area contributed by atoms with Gasteiger partial charge in [0.1, 0.15) is 24.0 Å². The molecule has 0 amide bonds. The van der Waals surface area contributed by atoms with E-state index in [0.29, 0.717) is 18.7 Å². The maximum Gasteiger partial charge on any atom is 0.127 e. The van der Waals surface area contributed by atoms with E-state index in [1.54, 1.807) is 18.2 Å². The summed E-state index contributed by atoms with van der Waals surface area (Å²) in [6.45, 7) is 0.729. The summed E-state index contributed by atoms with van der Waals surface area (Å²) in [6, 6.07) is 10.5. The molecular weight excluding hydrogens is 248 g/mol. The molecule has 0 bridgehead atoms. The van der Waals surface area contributed by atoms with Crippen LogP contribution >= 0.6 is 0 Å². The second-order valence-electron chi connectivity index (χ2n) is 4.25. The topological polar surface area (TPSA) is 35.2 Å². The standard InChI is InChI=1S/C15H15F2NO/c16-13-3-1-11(2-4-13)10-19-15-8-12(5-6-18)7-14(17)9-15/h1-4,7-9H,5-6,10,18H2. The molecule has 19 heavy (non-hydrogen) atoms. The molecule has 0 aliphatic heterocycles. The van der Waals surface area contributed by atoms with Crippen molar-refractivity contribution in [3.8, 4) is 5.75 Å². The van der Waals surface area contributed by atoms with E-state index < -0.39 is 0 Å². The summed E-state index contributed by atoms with van der Waals surface area (Å²) in [5.41, 5.74) is 7.07. The van der Waals surface area contributed by atoms with Gasteiger partial charge in [0, 0.05) is 6.07 Å². The van der Waals surface area contributed by atoms with Gasteiger partial charge in [-0.25, -0.2) is 8.78 Å². The van der Waals surface area contributed by atoms with Gasteiger partial charge in [-0.15, -0.1) is 0 Å². The molecule has 0 spiro atoms. The lowest BCUT2D eigenvalue weighted by atomic mass is 10.1. The minimum absolute atomic E-state index is 0.270. The fourth-order valence-electron chi connectivity index (χ4n) is 1.76. The quantitative estimate of drug-likeness (QED) is 0.899. The molecule has 2 nitrogen and oxygen atoms in total.